The molecule has 2 heterocycles. The molecule has 0 aliphatic carbocycles. The first-order chi connectivity index (χ1) is 8.61. The largest absolute Gasteiger partial charge is 0.356 e. The van der Waals surface area contributed by atoms with Gasteiger partial charge in [0.2, 0.25) is 0 Å². The van der Waals surface area contributed by atoms with Crippen LogP contribution in [0.15, 0.2) is 0 Å². The van der Waals surface area contributed by atoms with Gasteiger partial charge in [0.1, 0.15) is 16.8 Å². The summed E-state index contributed by atoms with van der Waals surface area (Å²) in [7, 11) is 0. The molecule has 0 bridgehead atoms. The number of hydrogen-bond acceptors (Lipinski definition) is 3. The number of rotatable bonds is 3. The summed E-state index contributed by atoms with van der Waals surface area (Å²) in [5, 5.41) is 0.613. The Morgan fingerprint density at radius 2 is 1.94 bits per heavy atom. The molecule has 2 rings (SSSR count). The lowest BCUT2D eigenvalue weighted by Gasteiger charge is -2.32. The first kappa shape index (κ1) is 13.6. The van der Waals surface area contributed by atoms with Gasteiger partial charge in [0, 0.05) is 25.1 Å². The van der Waals surface area contributed by atoms with Crippen LogP contribution in [-0.2, 0) is 6.42 Å². The molecular weight excluding hydrogens is 246 g/mol. The average molecular weight is 268 g/mol. The highest BCUT2D eigenvalue weighted by Crippen LogP contribution is 2.27. The maximum atomic E-state index is 6.22. The van der Waals surface area contributed by atoms with Gasteiger partial charge in [0.15, 0.2) is 0 Å². The van der Waals surface area contributed by atoms with E-state index in [9.17, 15) is 0 Å². The Kier molecular flexibility index (Phi) is 4.44. The monoisotopic (exact) mass is 267 g/mol. The lowest BCUT2D eigenvalue weighted by Crippen LogP contribution is -2.34. The van der Waals surface area contributed by atoms with E-state index in [1.165, 1.54) is 12.8 Å². The molecule has 0 unspecified atom stereocenters. The fourth-order valence-electron chi connectivity index (χ4n) is 2.38. The number of aromatic nitrogens is 2. The van der Waals surface area contributed by atoms with E-state index in [0.717, 1.165) is 49.1 Å². The zero-order valence-corrected chi connectivity index (χ0v) is 12.3. The van der Waals surface area contributed by atoms with Crippen molar-refractivity contribution in [2.24, 2.45) is 5.92 Å². The van der Waals surface area contributed by atoms with Gasteiger partial charge in [0.05, 0.1) is 0 Å². The Morgan fingerprint density at radius 3 is 2.56 bits per heavy atom. The molecule has 1 aromatic heterocycles. The van der Waals surface area contributed by atoms with E-state index in [0.29, 0.717) is 5.15 Å². The molecule has 1 saturated heterocycles. The Balaban J connectivity index is 2.25. The van der Waals surface area contributed by atoms with Gasteiger partial charge in [-0.2, -0.15) is 0 Å². The highest BCUT2D eigenvalue weighted by atomic mass is 35.5. The molecule has 100 valence electrons. The molecule has 0 saturated carbocycles. The third-order valence-corrected chi connectivity index (χ3v) is 4.03. The van der Waals surface area contributed by atoms with Gasteiger partial charge in [-0.25, -0.2) is 9.97 Å². The summed E-state index contributed by atoms with van der Waals surface area (Å²) < 4.78 is 0. The van der Waals surface area contributed by atoms with Crippen LogP contribution in [0.2, 0.25) is 5.15 Å². The van der Waals surface area contributed by atoms with Crippen LogP contribution in [0.4, 0.5) is 5.82 Å². The van der Waals surface area contributed by atoms with E-state index in [1.807, 2.05) is 6.92 Å². The molecule has 4 heteroatoms. The standard InChI is InChI=1S/C14H22ClN3/c1-4-5-12-16-13(15)11(3)14(17-12)18-8-6-10(2)7-9-18/h10H,4-9H2,1-3H3. The van der Waals surface area contributed by atoms with E-state index in [4.69, 9.17) is 16.6 Å². The fraction of sp³-hybridized carbons (Fsp3) is 0.714. The van der Waals surface area contributed by atoms with Crippen molar-refractivity contribution >= 4 is 17.4 Å². The van der Waals surface area contributed by atoms with Gasteiger partial charge in [-0.3, -0.25) is 0 Å². The number of piperidine rings is 1. The van der Waals surface area contributed by atoms with Crippen LogP contribution in [0.25, 0.3) is 0 Å². The molecule has 0 aromatic carbocycles. The van der Waals surface area contributed by atoms with E-state index in [2.05, 4.69) is 23.7 Å². The second kappa shape index (κ2) is 5.87. The first-order valence-electron chi connectivity index (χ1n) is 6.89. The van der Waals surface area contributed by atoms with Gasteiger partial charge in [0.25, 0.3) is 0 Å². The van der Waals surface area contributed by atoms with Gasteiger partial charge < -0.3 is 4.90 Å². The zero-order valence-electron chi connectivity index (χ0n) is 11.5. The minimum Gasteiger partial charge on any atom is -0.356 e. The highest BCUT2D eigenvalue weighted by molar-refractivity contribution is 6.30. The van der Waals surface area contributed by atoms with Crippen LogP contribution in [0.5, 0.6) is 0 Å². The molecule has 1 aliphatic heterocycles. The molecular formula is C14H22ClN3. The average Bonchev–Trinajstić information content (AvgIpc) is 2.35. The maximum Gasteiger partial charge on any atom is 0.137 e. The molecule has 0 spiro atoms. The summed E-state index contributed by atoms with van der Waals surface area (Å²) in [5.41, 5.74) is 1.02. The third-order valence-electron chi connectivity index (χ3n) is 3.66. The van der Waals surface area contributed by atoms with E-state index in [1.54, 1.807) is 0 Å². The van der Waals surface area contributed by atoms with Crippen molar-refractivity contribution in [2.45, 2.75) is 46.5 Å². The molecule has 1 fully saturated rings. The van der Waals surface area contributed by atoms with E-state index < -0.39 is 0 Å². The quantitative estimate of drug-likeness (QED) is 0.783. The minimum absolute atomic E-state index is 0.613. The number of halogens is 1. The molecule has 0 radical (unpaired) electrons. The first-order valence-corrected chi connectivity index (χ1v) is 7.27. The van der Waals surface area contributed by atoms with Crippen LogP contribution in [-0.4, -0.2) is 23.1 Å². The van der Waals surface area contributed by atoms with Crippen LogP contribution >= 0.6 is 11.6 Å². The summed E-state index contributed by atoms with van der Waals surface area (Å²) >= 11 is 6.22. The van der Waals surface area contributed by atoms with Crippen LogP contribution in [0.1, 0.15) is 44.5 Å². The maximum absolute atomic E-state index is 6.22. The summed E-state index contributed by atoms with van der Waals surface area (Å²) in [6, 6.07) is 0. The Hall–Kier alpha value is -0.830. The Bertz CT molecular complexity index is 412. The number of anilines is 1. The van der Waals surface area contributed by atoms with Gasteiger partial charge in [-0.15, -0.1) is 0 Å². The SMILES string of the molecule is CCCc1nc(Cl)c(C)c(N2CCC(C)CC2)n1. The second-order valence-corrected chi connectivity index (χ2v) is 5.66. The fourth-order valence-corrected chi connectivity index (χ4v) is 2.57. The van der Waals surface area contributed by atoms with Crippen LogP contribution in [0, 0.1) is 12.8 Å². The number of aryl methyl sites for hydroxylation is 1. The molecule has 0 amide bonds. The molecule has 0 atom stereocenters. The van der Waals surface area contributed by atoms with E-state index >= 15 is 0 Å². The number of nitrogens with zero attached hydrogens (tertiary/aromatic N) is 3. The summed E-state index contributed by atoms with van der Waals surface area (Å²) in [6.45, 7) is 8.65. The predicted octanol–water partition coefficient (Wildman–Crippen LogP) is 3.63. The zero-order chi connectivity index (χ0) is 13.1. The van der Waals surface area contributed by atoms with Crippen molar-refractivity contribution in [3.05, 3.63) is 16.5 Å². The predicted molar refractivity (Wildman–Crippen MR) is 76.4 cm³/mol. The molecule has 1 aromatic rings. The van der Waals surface area contributed by atoms with Crippen LogP contribution in [0.3, 0.4) is 0 Å². The number of hydrogen-bond donors (Lipinski definition) is 0. The van der Waals surface area contributed by atoms with Crippen LogP contribution < -0.4 is 4.90 Å². The summed E-state index contributed by atoms with van der Waals surface area (Å²) in [6.07, 6.45) is 4.43. The lowest BCUT2D eigenvalue weighted by atomic mass is 9.99. The smallest absolute Gasteiger partial charge is 0.137 e. The summed E-state index contributed by atoms with van der Waals surface area (Å²) in [5.74, 6) is 2.75. The third kappa shape index (κ3) is 2.94. The van der Waals surface area contributed by atoms with Crippen molar-refractivity contribution < 1.29 is 0 Å². The molecule has 18 heavy (non-hydrogen) atoms. The summed E-state index contributed by atoms with van der Waals surface area (Å²) in [4.78, 5) is 11.4. The van der Waals surface area contributed by atoms with Crippen molar-refractivity contribution in [2.75, 3.05) is 18.0 Å². The second-order valence-electron chi connectivity index (χ2n) is 5.30. The molecule has 3 nitrogen and oxygen atoms in total. The van der Waals surface area contributed by atoms with Gasteiger partial charge in [-0.1, -0.05) is 25.4 Å². The highest BCUT2D eigenvalue weighted by Gasteiger charge is 2.20. The van der Waals surface area contributed by atoms with Crippen molar-refractivity contribution in [3.8, 4) is 0 Å². The molecule has 1 aliphatic rings. The van der Waals surface area contributed by atoms with Crippen molar-refractivity contribution in [3.63, 3.8) is 0 Å². The normalized spacial score (nSPS) is 17.2. The van der Waals surface area contributed by atoms with Gasteiger partial charge >= 0.3 is 0 Å². The van der Waals surface area contributed by atoms with E-state index in [-0.39, 0.29) is 0 Å². The van der Waals surface area contributed by atoms with Crippen molar-refractivity contribution in [1.29, 1.82) is 0 Å². The Labute approximate surface area is 115 Å². The van der Waals surface area contributed by atoms with Gasteiger partial charge in [-0.05, 0) is 32.1 Å². The van der Waals surface area contributed by atoms with Crippen molar-refractivity contribution in [1.82, 2.24) is 9.97 Å². The molecule has 0 N–H and O–H groups in total. The topological polar surface area (TPSA) is 29.0 Å². The minimum atomic E-state index is 0.613. The lowest BCUT2D eigenvalue weighted by molar-refractivity contribution is 0.436. The Morgan fingerprint density at radius 1 is 1.28 bits per heavy atom.